The number of likely N-dealkylation sites (tertiary alicyclic amines) is 1. The summed E-state index contributed by atoms with van der Waals surface area (Å²) in [5, 5.41) is 0. The van der Waals surface area contributed by atoms with Crippen molar-refractivity contribution in [2.75, 3.05) is 46.5 Å². The van der Waals surface area contributed by atoms with Crippen LogP contribution in [-0.4, -0.2) is 68.3 Å². The lowest BCUT2D eigenvalue weighted by molar-refractivity contribution is -0.137. The normalized spacial score (nSPS) is 25.6. The maximum absolute atomic E-state index is 12.9. The summed E-state index contributed by atoms with van der Waals surface area (Å²) in [6, 6.07) is 5.94. The summed E-state index contributed by atoms with van der Waals surface area (Å²) in [6.07, 6.45) is 0.965. The van der Waals surface area contributed by atoms with Crippen molar-refractivity contribution in [1.29, 1.82) is 0 Å². The van der Waals surface area contributed by atoms with Crippen LogP contribution in [0.2, 0.25) is 0 Å². The molecule has 2 fully saturated rings. The van der Waals surface area contributed by atoms with Crippen LogP contribution in [0.3, 0.4) is 0 Å². The van der Waals surface area contributed by atoms with Gasteiger partial charge in [0.25, 0.3) is 5.91 Å². The smallest absolute Gasteiger partial charge is 0.260 e. The van der Waals surface area contributed by atoms with Gasteiger partial charge in [-0.1, -0.05) is 0 Å². The van der Waals surface area contributed by atoms with Crippen LogP contribution in [0.4, 0.5) is 4.39 Å². The van der Waals surface area contributed by atoms with E-state index in [-0.39, 0.29) is 24.4 Å². The van der Waals surface area contributed by atoms with E-state index in [9.17, 15) is 9.18 Å². The minimum atomic E-state index is -0.317. The number of benzene rings is 1. The van der Waals surface area contributed by atoms with E-state index in [1.54, 1.807) is 0 Å². The lowest BCUT2D eigenvalue weighted by Crippen LogP contribution is -2.53. The minimum Gasteiger partial charge on any atom is -0.484 e. The van der Waals surface area contributed by atoms with Gasteiger partial charge in [-0.2, -0.15) is 0 Å². The number of amides is 1. The van der Waals surface area contributed by atoms with E-state index in [0.717, 1.165) is 19.5 Å². The molecule has 2 atom stereocenters. The third kappa shape index (κ3) is 4.00. The van der Waals surface area contributed by atoms with Crippen LogP contribution >= 0.6 is 0 Å². The Morgan fingerprint density at radius 1 is 1.35 bits per heavy atom. The highest BCUT2D eigenvalue weighted by Gasteiger charge is 2.36. The highest BCUT2D eigenvalue weighted by atomic mass is 19.1. The molecule has 3 rings (SSSR count). The van der Waals surface area contributed by atoms with Crippen molar-refractivity contribution in [3.05, 3.63) is 30.1 Å². The first-order valence-corrected chi connectivity index (χ1v) is 8.07. The van der Waals surface area contributed by atoms with Crippen LogP contribution in [0, 0.1) is 11.7 Å². The molecule has 0 aliphatic carbocycles. The number of carbonyl (C=O) groups is 1. The Morgan fingerprint density at radius 2 is 2.13 bits per heavy atom. The molecule has 2 aliphatic rings. The lowest BCUT2D eigenvalue weighted by atomic mass is 9.92. The van der Waals surface area contributed by atoms with Gasteiger partial charge in [0.05, 0.1) is 13.2 Å². The summed E-state index contributed by atoms with van der Waals surface area (Å²) in [5.41, 5.74) is 0. The van der Waals surface area contributed by atoms with Crippen LogP contribution in [0.1, 0.15) is 6.42 Å². The zero-order valence-corrected chi connectivity index (χ0v) is 13.4. The van der Waals surface area contributed by atoms with Crippen LogP contribution in [0.25, 0.3) is 0 Å². The molecule has 5 nitrogen and oxygen atoms in total. The predicted octanol–water partition coefficient (Wildman–Crippen LogP) is 1.38. The fourth-order valence-electron chi connectivity index (χ4n) is 3.41. The molecule has 0 aromatic heterocycles. The summed E-state index contributed by atoms with van der Waals surface area (Å²) >= 11 is 0. The number of halogens is 1. The number of carbonyl (C=O) groups excluding carboxylic acids is 1. The maximum Gasteiger partial charge on any atom is 0.260 e. The molecule has 0 unspecified atom stereocenters. The average Bonchev–Trinajstić information content (AvgIpc) is 2.76. The Kier molecular flexibility index (Phi) is 5.13. The third-order valence-corrected chi connectivity index (χ3v) is 4.60. The number of nitrogens with zero attached hydrogens (tertiary/aromatic N) is 2. The molecule has 1 aromatic rings. The fraction of sp³-hybridized carbons (Fsp3) is 0.588. The second-order valence-electron chi connectivity index (χ2n) is 6.28. The molecule has 0 saturated carbocycles. The second kappa shape index (κ2) is 7.27. The Balaban J connectivity index is 1.61. The van der Waals surface area contributed by atoms with Gasteiger partial charge in [-0.25, -0.2) is 4.39 Å². The summed E-state index contributed by atoms with van der Waals surface area (Å²) in [5.74, 6) is 0.513. The fourth-order valence-corrected chi connectivity index (χ4v) is 3.41. The molecule has 23 heavy (non-hydrogen) atoms. The van der Waals surface area contributed by atoms with Crippen molar-refractivity contribution in [3.63, 3.8) is 0 Å². The van der Waals surface area contributed by atoms with Gasteiger partial charge in [-0.3, -0.25) is 4.79 Å². The van der Waals surface area contributed by atoms with Crippen molar-refractivity contribution in [1.82, 2.24) is 9.80 Å². The summed E-state index contributed by atoms with van der Waals surface area (Å²) in [4.78, 5) is 16.8. The molecule has 0 bridgehead atoms. The molecule has 2 saturated heterocycles. The van der Waals surface area contributed by atoms with E-state index >= 15 is 0 Å². The first-order valence-electron chi connectivity index (χ1n) is 8.07. The van der Waals surface area contributed by atoms with Crippen molar-refractivity contribution < 1.29 is 18.7 Å². The second-order valence-corrected chi connectivity index (χ2v) is 6.28. The van der Waals surface area contributed by atoms with Crippen molar-refractivity contribution in [2.45, 2.75) is 12.5 Å². The quantitative estimate of drug-likeness (QED) is 0.843. The number of rotatable bonds is 3. The molecule has 6 heteroatoms. The predicted molar refractivity (Wildman–Crippen MR) is 83.8 cm³/mol. The first kappa shape index (κ1) is 16.2. The number of fused-ring (bicyclic) bond motifs is 1. The van der Waals surface area contributed by atoms with E-state index in [1.165, 1.54) is 24.3 Å². The molecule has 2 aliphatic heterocycles. The largest absolute Gasteiger partial charge is 0.484 e. The molecule has 1 amide bonds. The number of hydrogen-bond acceptors (Lipinski definition) is 4. The first-order chi connectivity index (χ1) is 11.1. The van der Waals surface area contributed by atoms with E-state index < -0.39 is 0 Å². The highest BCUT2D eigenvalue weighted by molar-refractivity contribution is 5.78. The zero-order valence-electron chi connectivity index (χ0n) is 13.4. The van der Waals surface area contributed by atoms with Gasteiger partial charge in [-0.15, -0.1) is 0 Å². The lowest BCUT2D eigenvalue weighted by Gasteiger charge is -2.40. The van der Waals surface area contributed by atoms with Gasteiger partial charge in [0.1, 0.15) is 11.6 Å². The Labute approximate surface area is 136 Å². The van der Waals surface area contributed by atoms with E-state index in [4.69, 9.17) is 9.47 Å². The van der Waals surface area contributed by atoms with Gasteiger partial charge in [-0.05, 0) is 44.3 Å². The summed E-state index contributed by atoms with van der Waals surface area (Å²) < 4.78 is 24.1. The molecule has 0 spiro atoms. The van der Waals surface area contributed by atoms with E-state index in [0.29, 0.717) is 31.4 Å². The Bertz CT molecular complexity index is 537. The topological polar surface area (TPSA) is 42.0 Å². The number of hydrogen-bond donors (Lipinski definition) is 0. The van der Waals surface area contributed by atoms with Gasteiger partial charge in [0.15, 0.2) is 6.61 Å². The SMILES string of the molecule is CN1CC[C@@H]2[C@@H](COCCN2C(=O)COc2ccc(F)cc2)C1. The van der Waals surface area contributed by atoms with Crippen LogP contribution < -0.4 is 4.74 Å². The van der Waals surface area contributed by atoms with Crippen molar-refractivity contribution in [3.8, 4) is 5.75 Å². The summed E-state index contributed by atoms with van der Waals surface area (Å²) in [6.45, 7) is 3.80. The Hall–Kier alpha value is -1.66. The van der Waals surface area contributed by atoms with Crippen LogP contribution in [0.5, 0.6) is 5.75 Å². The standard InChI is InChI=1S/C17H23FN2O3/c1-19-7-6-16-13(10-19)11-22-9-8-20(16)17(21)12-23-15-4-2-14(18)3-5-15/h2-5,13,16H,6-12H2,1H3/t13-,16-/m1/s1. The Morgan fingerprint density at radius 3 is 2.91 bits per heavy atom. The van der Waals surface area contributed by atoms with Crippen molar-refractivity contribution in [2.24, 2.45) is 5.92 Å². The maximum atomic E-state index is 12.9. The van der Waals surface area contributed by atoms with E-state index in [1.807, 2.05) is 4.90 Å². The summed E-state index contributed by atoms with van der Waals surface area (Å²) in [7, 11) is 2.10. The molecule has 1 aromatic carbocycles. The zero-order chi connectivity index (χ0) is 16.2. The third-order valence-electron chi connectivity index (χ3n) is 4.60. The number of piperidine rings is 1. The van der Waals surface area contributed by atoms with Crippen LogP contribution in [0.15, 0.2) is 24.3 Å². The minimum absolute atomic E-state index is 0.0231. The highest BCUT2D eigenvalue weighted by Crippen LogP contribution is 2.24. The molecule has 0 radical (unpaired) electrons. The van der Waals surface area contributed by atoms with Gasteiger partial charge >= 0.3 is 0 Å². The molecular weight excluding hydrogens is 299 g/mol. The monoisotopic (exact) mass is 322 g/mol. The molecule has 126 valence electrons. The van der Waals surface area contributed by atoms with Crippen LogP contribution in [-0.2, 0) is 9.53 Å². The van der Waals surface area contributed by atoms with Gasteiger partial charge in [0, 0.05) is 25.0 Å². The molecular formula is C17H23FN2O3. The van der Waals surface area contributed by atoms with Gasteiger partial charge < -0.3 is 19.3 Å². The number of ether oxygens (including phenoxy) is 2. The average molecular weight is 322 g/mol. The van der Waals surface area contributed by atoms with Gasteiger partial charge in [0.2, 0.25) is 0 Å². The molecule has 2 heterocycles. The van der Waals surface area contributed by atoms with E-state index in [2.05, 4.69) is 11.9 Å². The molecule has 0 N–H and O–H groups in total. The van der Waals surface area contributed by atoms with Crippen molar-refractivity contribution >= 4 is 5.91 Å².